The van der Waals surface area contributed by atoms with Gasteiger partial charge in [0.25, 0.3) is 0 Å². The minimum atomic E-state index is -0.0407. The quantitative estimate of drug-likeness (QED) is 0.324. The number of unbranched alkanes of at least 4 members (excludes halogenated alkanes) is 7. The van der Waals surface area contributed by atoms with E-state index >= 15 is 0 Å². The van der Waals surface area contributed by atoms with Crippen LogP contribution in [0.5, 0.6) is 5.75 Å². The third-order valence-corrected chi connectivity index (χ3v) is 6.30. The number of hydrogen-bond donors (Lipinski definition) is 0. The lowest BCUT2D eigenvalue weighted by Gasteiger charge is -2.42. The molecule has 3 rings (SSSR count). The number of hydrogen-bond acceptors (Lipinski definition) is 4. The smallest absolute Gasteiger partial charge is 0.158 e. The maximum Gasteiger partial charge on any atom is 0.158 e. The number of rotatable bonds is 13. The predicted octanol–water partition coefficient (Wildman–Crippen LogP) is 6.97. The normalized spacial score (nSPS) is 26.3. The molecule has 0 bridgehead atoms. The maximum absolute atomic E-state index is 6.34. The van der Waals surface area contributed by atoms with Crippen LogP contribution in [0.2, 0.25) is 0 Å². The molecule has 2 aliphatic rings. The van der Waals surface area contributed by atoms with E-state index in [1.807, 2.05) is 0 Å². The SMILES string of the molecule is CCCCCCCCOc1ccc([C@H]2CC[C@@H]3O[C@H](CCCCC)OC[C@H]3O2)cc1. The molecule has 0 aliphatic carbocycles. The Morgan fingerprint density at radius 3 is 2.33 bits per heavy atom. The highest BCUT2D eigenvalue weighted by Crippen LogP contribution is 2.36. The Kier molecular flexibility index (Phi) is 10.5. The van der Waals surface area contributed by atoms with E-state index in [4.69, 9.17) is 18.9 Å². The van der Waals surface area contributed by atoms with Gasteiger partial charge < -0.3 is 18.9 Å². The van der Waals surface area contributed by atoms with Gasteiger partial charge in [0.1, 0.15) is 11.9 Å². The lowest BCUT2D eigenvalue weighted by molar-refractivity contribution is -0.286. The van der Waals surface area contributed by atoms with E-state index in [1.54, 1.807) is 0 Å². The molecule has 0 N–H and O–H groups in total. The fourth-order valence-corrected chi connectivity index (χ4v) is 4.42. The third kappa shape index (κ3) is 7.55. The van der Waals surface area contributed by atoms with Crippen LogP contribution < -0.4 is 4.74 Å². The van der Waals surface area contributed by atoms with Crippen molar-refractivity contribution in [1.29, 1.82) is 0 Å². The minimum absolute atomic E-state index is 0.0407. The Labute approximate surface area is 183 Å². The van der Waals surface area contributed by atoms with Crippen molar-refractivity contribution < 1.29 is 18.9 Å². The van der Waals surface area contributed by atoms with Crippen molar-refractivity contribution in [3.63, 3.8) is 0 Å². The zero-order valence-corrected chi connectivity index (χ0v) is 19.2. The van der Waals surface area contributed by atoms with E-state index < -0.39 is 0 Å². The van der Waals surface area contributed by atoms with Crippen LogP contribution in [0.3, 0.4) is 0 Å². The molecular weight excluding hydrogens is 376 g/mol. The third-order valence-electron chi connectivity index (χ3n) is 6.30. The summed E-state index contributed by atoms with van der Waals surface area (Å²) in [6.45, 7) is 5.94. The van der Waals surface area contributed by atoms with Gasteiger partial charge in [0, 0.05) is 0 Å². The van der Waals surface area contributed by atoms with Crippen molar-refractivity contribution in [2.45, 2.75) is 115 Å². The number of fused-ring (bicyclic) bond motifs is 1. The monoisotopic (exact) mass is 418 g/mol. The zero-order chi connectivity index (χ0) is 21.0. The maximum atomic E-state index is 6.34. The Hall–Kier alpha value is -1.10. The van der Waals surface area contributed by atoms with Crippen LogP contribution in [0.1, 0.15) is 103 Å². The number of ether oxygens (including phenoxy) is 4. The molecule has 0 aromatic heterocycles. The Balaban J connectivity index is 1.36. The predicted molar refractivity (Wildman–Crippen MR) is 121 cm³/mol. The molecule has 0 amide bonds. The van der Waals surface area contributed by atoms with Gasteiger partial charge >= 0.3 is 0 Å². The zero-order valence-electron chi connectivity index (χ0n) is 19.2. The first-order chi connectivity index (χ1) is 14.8. The van der Waals surface area contributed by atoms with Gasteiger partial charge in [-0.2, -0.15) is 0 Å². The fraction of sp³-hybridized carbons (Fsp3) is 0.769. The first kappa shape index (κ1) is 23.6. The van der Waals surface area contributed by atoms with Crippen molar-refractivity contribution in [1.82, 2.24) is 0 Å². The van der Waals surface area contributed by atoms with Crippen LogP contribution >= 0.6 is 0 Å². The second-order valence-electron chi connectivity index (χ2n) is 8.86. The Morgan fingerprint density at radius 2 is 1.53 bits per heavy atom. The first-order valence-corrected chi connectivity index (χ1v) is 12.5. The molecule has 2 heterocycles. The molecule has 4 atom stereocenters. The van der Waals surface area contributed by atoms with Crippen molar-refractivity contribution in [3.05, 3.63) is 29.8 Å². The minimum Gasteiger partial charge on any atom is -0.494 e. The molecule has 4 nitrogen and oxygen atoms in total. The summed E-state index contributed by atoms with van der Waals surface area (Å²) in [5.74, 6) is 0.959. The standard InChI is InChI=1S/C26H42O4/c1-3-5-7-8-9-11-19-27-22-15-13-21(14-16-22)23-17-18-24-25(29-23)20-28-26(30-24)12-10-6-4-2/h13-16,23-26H,3-12,17-20H2,1-2H3/t23-,24+,25-,26-/m1/s1. The highest BCUT2D eigenvalue weighted by Gasteiger charge is 2.38. The molecule has 170 valence electrons. The number of benzene rings is 1. The molecule has 0 saturated carbocycles. The summed E-state index contributed by atoms with van der Waals surface area (Å²) in [6, 6.07) is 8.47. The van der Waals surface area contributed by atoms with Gasteiger partial charge in [0.2, 0.25) is 0 Å². The first-order valence-electron chi connectivity index (χ1n) is 12.5. The summed E-state index contributed by atoms with van der Waals surface area (Å²) in [4.78, 5) is 0. The molecular formula is C26H42O4. The summed E-state index contributed by atoms with van der Waals surface area (Å²) in [6.07, 6.45) is 14.7. The van der Waals surface area contributed by atoms with Gasteiger partial charge in [-0.1, -0.05) is 70.9 Å². The van der Waals surface area contributed by atoms with Crippen molar-refractivity contribution >= 4 is 0 Å². The van der Waals surface area contributed by atoms with Crippen LogP contribution in [-0.2, 0) is 14.2 Å². The largest absolute Gasteiger partial charge is 0.494 e. The molecule has 4 heteroatoms. The van der Waals surface area contributed by atoms with E-state index in [9.17, 15) is 0 Å². The molecule has 0 spiro atoms. The van der Waals surface area contributed by atoms with E-state index in [0.29, 0.717) is 6.61 Å². The molecule has 0 unspecified atom stereocenters. The van der Waals surface area contributed by atoms with Gasteiger partial charge in [0.15, 0.2) is 6.29 Å². The fourth-order valence-electron chi connectivity index (χ4n) is 4.42. The van der Waals surface area contributed by atoms with Crippen LogP contribution in [0.4, 0.5) is 0 Å². The van der Waals surface area contributed by atoms with Gasteiger partial charge in [-0.25, -0.2) is 0 Å². The van der Waals surface area contributed by atoms with E-state index in [-0.39, 0.29) is 24.6 Å². The molecule has 1 aromatic carbocycles. The highest BCUT2D eigenvalue weighted by atomic mass is 16.7. The topological polar surface area (TPSA) is 36.9 Å². The molecule has 30 heavy (non-hydrogen) atoms. The lowest BCUT2D eigenvalue weighted by atomic mass is 9.96. The summed E-state index contributed by atoms with van der Waals surface area (Å²) >= 11 is 0. The van der Waals surface area contributed by atoms with Gasteiger partial charge in [-0.3, -0.25) is 0 Å². The van der Waals surface area contributed by atoms with Gasteiger partial charge in [-0.15, -0.1) is 0 Å². The summed E-state index contributed by atoms with van der Waals surface area (Å²) in [5, 5.41) is 0. The van der Waals surface area contributed by atoms with Crippen LogP contribution in [0.25, 0.3) is 0 Å². The second kappa shape index (κ2) is 13.3. The van der Waals surface area contributed by atoms with E-state index in [0.717, 1.165) is 38.0 Å². The molecule has 2 fully saturated rings. The van der Waals surface area contributed by atoms with Crippen molar-refractivity contribution in [2.24, 2.45) is 0 Å². The van der Waals surface area contributed by atoms with E-state index in [1.165, 1.54) is 56.9 Å². The average molecular weight is 419 g/mol. The highest BCUT2D eigenvalue weighted by molar-refractivity contribution is 5.29. The summed E-state index contributed by atoms with van der Waals surface area (Å²) in [7, 11) is 0. The second-order valence-corrected chi connectivity index (χ2v) is 8.86. The Morgan fingerprint density at radius 1 is 0.800 bits per heavy atom. The van der Waals surface area contributed by atoms with Crippen LogP contribution in [-0.4, -0.2) is 31.7 Å². The molecule has 2 saturated heterocycles. The summed E-state index contributed by atoms with van der Waals surface area (Å²) in [5.41, 5.74) is 1.23. The molecule has 0 radical (unpaired) electrons. The van der Waals surface area contributed by atoms with Gasteiger partial charge in [-0.05, 0) is 49.8 Å². The van der Waals surface area contributed by atoms with Crippen molar-refractivity contribution in [2.75, 3.05) is 13.2 Å². The van der Waals surface area contributed by atoms with Crippen LogP contribution in [0.15, 0.2) is 24.3 Å². The van der Waals surface area contributed by atoms with E-state index in [2.05, 4.69) is 38.1 Å². The molecule has 2 aliphatic heterocycles. The molecule has 1 aromatic rings. The average Bonchev–Trinajstić information content (AvgIpc) is 2.79. The van der Waals surface area contributed by atoms with Gasteiger partial charge in [0.05, 0.1) is 25.4 Å². The Bertz CT molecular complexity index is 573. The van der Waals surface area contributed by atoms with Crippen molar-refractivity contribution in [3.8, 4) is 5.75 Å². The summed E-state index contributed by atoms with van der Waals surface area (Å²) < 4.78 is 24.3. The van der Waals surface area contributed by atoms with Crippen LogP contribution in [0, 0.1) is 0 Å². The lowest BCUT2D eigenvalue weighted by Crippen LogP contribution is -2.48.